The maximum absolute atomic E-state index is 9.36. The largest absolute Gasteiger partial charge is 0.392 e. The normalized spacial score (nSPS) is 11.6. The lowest BCUT2D eigenvalue weighted by molar-refractivity contribution is 0.282. The molecule has 102 valence electrons. The Bertz CT molecular complexity index is 337. The van der Waals surface area contributed by atoms with E-state index in [1.165, 1.54) is 0 Å². The molecule has 0 unspecified atom stereocenters. The average molecular weight is 249 g/mol. The van der Waals surface area contributed by atoms with Gasteiger partial charge >= 0.3 is 0 Å². The maximum Gasteiger partial charge on any atom is 0.0701 e. The smallest absolute Gasteiger partial charge is 0.0701 e. The third-order valence-electron chi connectivity index (χ3n) is 3.06. The van der Waals surface area contributed by atoms with E-state index in [1.807, 2.05) is 18.2 Å². The first-order valence-electron chi connectivity index (χ1n) is 6.98. The van der Waals surface area contributed by atoms with Gasteiger partial charge in [0, 0.05) is 17.3 Å². The first-order chi connectivity index (χ1) is 8.52. The zero-order chi connectivity index (χ0) is 13.5. The van der Waals surface area contributed by atoms with E-state index >= 15 is 0 Å². The molecule has 0 bridgehead atoms. The van der Waals surface area contributed by atoms with Gasteiger partial charge in [0.15, 0.2) is 0 Å². The quantitative estimate of drug-likeness (QED) is 0.764. The number of para-hydroxylation sites is 1. The molecule has 1 aromatic carbocycles. The van der Waals surface area contributed by atoms with Crippen molar-refractivity contribution < 1.29 is 5.11 Å². The number of aliphatic hydroxyl groups excluding tert-OH is 1. The molecule has 1 rings (SSSR count). The molecule has 0 amide bonds. The van der Waals surface area contributed by atoms with Crippen LogP contribution in [-0.4, -0.2) is 11.1 Å². The standard InChI is InChI=1S/C16H27NO/c1-12(2)9-15(10-13(3)4)17-16-8-6-5-7-14(16)11-18/h5-8,12-13,15,17-18H,9-11H2,1-4H3. The third-order valence-corrected chi connectivity index (χ3v) is 3.06. The highest BCUT2D eigenvalue weighted by molar-refractivity contribution is 5.51. The summed E-state index contributed by atoms with van der Waals surface area (Å²) in [6.45, 7) is 9.12. The van der Waals surface area contributed by atoms with Gasteiger partial charge in [-0.2, -0.15) is 0 Å². The summed E-state index contributed by atoms with van der Waals surface area (Å²) in [6, 6.07) is 8.50. The molecule has 0 radical (unpaired) electrons. The van der Waals surface area contributed by atoms with Crippen LogP contribution in [0.4, 0.5) is 5.69 Å². The number of benzene rings is 1. The van der Waals surface area contributed by atoms with Crippen LogP contribution in [0.15, 0.2) is 24.3 Å². The number of aliphatic hydroxyl groups is 1. The molecule has 0 heterocycles. The van der Waals surface area contributed by atoms with Crippen molar-refractivity contribution in [2.24, 2.45) is 11.8 Å². The van der Waals surface area contributed by atoms with E-state index in [-0.39, 0.29) is 6.61 Å². The molecule has 1 aromatic rings. The number of anilines is 1. The first-order valence-corrected chi connectivity index (χ1v) is 6.98. The molecule has 18 heavy (non-hydrogen) atoms. The van der Waals surface area contributed by atoms with E-state index in [9.17, 15) is 5.11 Å². The lowest BCUT2D eigenvalue weighted by atomic mass is 9.95. The Hall–Kier alpha value is -1.02. The SMILES string of the molecule is CC(C)CC(CC(C)C)Nc1ccccc1CO. The molecule has 0 aliphatic heterocycles. The Kier molecular flexibility index (Phi) is 6.20. The molecule has 2 nitrogen and oxygen atoms in total. The fourth-order valence-corrected chi connectivity index (χ4v) is 2.37. The van der Waals surface area contributed by atoms with Gasteiger partial charge < -0.3 is 10.4 Å². The predicted octanol–water partition coefficient (Wildman–Crippen LogP) is 4.05. The highest BCUT2D eigenvalue weighted by atomic mass is 16.3. The molecule has 0 aromatic heterocycles. The summed E-state index contributed by atoms with van der Waals surface area (Å²) >= 11 is 0. The lowest BCUT2D eigenvalue weighted by Crippen LogP contribution is -2.24. The minimum absolute atomic E-state index is 0.0965. The molecule has 2 N–H and O–H groups in total. The van der Waals surface area contributed by atoms with Crippen LogP contribution in [0, 0.1) is 11.8 Å². The average Bonchev–Trinajstić information content (AvgIpc) is 2.27. The Morgan fingerprint density at radius 1 is 1.00 bits per heavy atom. The summed E-state index contributed by atoms with van der Waals surface area (Å²) in [6.07, 6.45) is 2.33. The molecular formula is C16H27NO. The van der Waals surface area contributed by atoms with Gasteiger partial charge in [-0.25, -0.2) is 0 Å². The van der Waals surface area contributed by atoms with E-state index < -0.39 is 0 Å². The van der Waals surface area contributed by atoms with Gasteiger partial charge in [0.25, 0.3) is 0 Å². The summed E-state index contributed by atoms with van der Waals surface area (Å²) in [5.74, 6) is 1.37. The monoisotopic (exact) mass is 249 g/mol. The number of hydrogen-bond acceptors (Lipinski definition) is 2. The zero-order valence-corrected chi connectivity index (χ0v) is 12.1. The highest BCUT2D eigenvalue weighted by Crippen LogP contribution is 2.21. The van der Waals surface area contributed by atoms with Crippen molar-refractivity contribution in [3.8, 4) is 0 Å². The van der Waals surface area contributed by atoms with Gasteiger partial charge in [0.1, 0.15) is 0 Å². The van der Waals surface area contributed by atoms with Gasteiger partial charge in [-0.3, -0.25) is 0 Å². The van der Waals surface area contributed by atoms with Crippen molar-refractivity contribution in [3.05, 3.63) is 29.8 Å². The van der Waals surface area contributed by atoms with Gasteiger partial charge in [-0.05, 0) is 30.7 Å². The molecule has 2 heteroatoms. The van der Waals surface area contributed by atoms with Crippen molar-refractivity contribution in [2.75, 3.05) is 5.32 Å². The van der Waals surface area contributed by atoms with E-state index in [4.69, 9.17) is 0 Å². The van der Waals surface area contributed by atoms with Crippen LogP contribution in [0.2, 0.25) is 0 Å². The summed E-state index contributed by atoms with van der Waals surface area (Å²) < 4.78 is 0. The van der Waals surface area contributed by atoms with E-state index in [0.717, 1.165) is 24.1 Å². The Morgan fingerprint density at radius 3 is 2.06 bits per heavy atom. The Labute approximate surface area is 111 Å². The van der Waals surface area contributed by atoms with Crippen LogP contribution in [0.25, 0.3) is 0 Å². The van der Waals surface area contributed by atoms with Gasteiger partial charge in [-0.1, -0.05) is 45.9 Å². The molecule has 0 saturated carbocycles. The first kappa shape index (κ1) is 15.0. The van der Waals surface area contributed by atoms with Crippen LogP contribution in [0.3, 0.4) is 0 Å². The summed E-state index contributed by atoms with van der Waals surface area (Å²) in [5.41, 5.74) is 2.06. The Morgan fingerprint density at radius 2 is 1.56 bits per heavy atom. The highest BCUT2D eigenvalue weighted by Gasteiger charge is 2.13. The molecule has 0 fully saturated rings. The van der Waals surface area contributed by atoms with Crippen LogP contribution >= 0.6 is 0 Å². The molecule has 0 aliphatic carbocycles. The number of nitrogens with one attached hydrogen (secondary N) is 1. The molecule has 0 spiro atoms. The maximum atomic E-state index is 9.36. The van der Waals surface area contributed by atoms with E-state index in [2.05, 4.69) is 39.1 Å². The van der Waals surface area contributed by atoms with Gasteiger partial charge in [0.05, 0.1) is 6.61 Å². The number of hydrogen-bond donors (Lipinski definition) is 2. The van der Waals surface area contributed by atoms with Crippen molar-refractivity contribution in [2.45, 2.75) is 53.2 Å². The van der Waals surface area contributed by atoms with Gasteiger partial charge in [0.2, 0.25) is 0 Å². The molecule has 0 atom stereocenters. The van der Waals surface area contributed by atoms with Gasteiger partial charge in [-0.15, -0.1) is 0 Å². The second kappa shape index (κ2) is 7.42. The summed E-state index contributed by atoms with van der Waals surface area (Å²) in [7, 11) is 0. The lowest BCUT2D eigenvalue weighted by Gasteiger charge is -2.24. The fraction of sp³-hybridized carbons (Fsp3) is 0.625. The number of rotatable bonds is 7. The topological polar surface area (TPSA) is 32.3 Å². The van der Waals surface area contributed by atoms with Crippen LogP contribution < -0.4 is 5.32 Å². The fourth-order valence-electron chi connectivity index (χ4n) is 2.37. The third kappa shape index (κ3) is 5.09. The zero-order valence-electron chi connectivity index (χ0n) is 12.1. The molecule has 0 aliphatic rings. The predicted molar refractivity (Wildman–Crippen MR) is 78.7 cm³/mol. The van der Waals surface area contributed by atoms with Crippen LogP contribution in [0.5, 0.6) is 0 Å². The van der Waals surface area contributed by atoms with Crippen molar-refractivity contribution >= 4 is 5.69 Å². The Balaban J connectivity index is 2.74. The minimum atomic E-state index is 0.0965. The molecular weight excluding hydrogens is 222 g/mol. The summed E-state index contributed by atoms with van der Waals surface area (Å²) in [5, 5.41) is 13.0. The van der Waals surface area contributed by atoms with E-state index in [1.54, 1.807) is 0 Å². The van der Waals surface area contributed by atoms with Crippen LogP contribution in [-0.2, 0) is 6.61 Å². The molecule has 0 saturated heterocycles. The van der Waals surface area contributed by atoms with Crippen molar-refractivity contribution in [1.29, 1.82) is 0 Å². The second-order valence-electron chi connectivity index (χ2n) is 5.92. The van der Waals surface area contributed by atoms with Crippen LogP contribution in [0.1, 0.15) is 46.1 Å². The van der Waals surface area contributed by atoms with Crippen molar-refractivity contribution in [1.82, 2.24) is 0 Å². The summed E-state index contributed by atoms with van der Waals surface area (Å²) in [4.78, 5) is 0. The van der Waals surface area contributed by atoms with E-state index in [0.29, 0.717) is 17.9 Å². The second-order valence-corrected chi connectivity index (χ2v) is 5.92. The van der Waals surface area contributed by atoms with Crippen molar-refractivity contribution in [3.63, 3.8) is 0 Å². The minimum Gasteiger partial charge on any atom is -0.392 e.